The van der Waals surface area contributed by atoms with Crippen LogP contribution in [-0.2, 0) is 16.0 Å². The number of rotatable bonds is 5. The molecule has 0 radical (unpaired) electrons. The van der Waals surface area contributed by atoms with E-state index in [2.05, 4.69) is 10.3 Å². The Bertz CT molecular complexity index is 790. The molecule has 1 aromatic carbocycles. The van der Waals surface area contributed by atoms with E-state index in [0.29, 0.717) is 30.4 Å². The van der Waals surface area contributed by atoms with Crippen molar-refractivity contribution >= 4 is 54.0 Å². The fraction of sp³-hybridized carbons (Fsp3) is 0.350. The summed E-state index contributed by atoms with van der Waals surface area (Å²) in [6.07, 6.45) is 3.48. The summed E-state index contributed by atoms with van der Waals surface area (Å²) in [6, 6.07) is 12.4. The van der Waals surface area contributed by atoms with Crippen LogP contribution in [0.25, 0.3) is 0 Å². The lowest BCUT2D eigenvalue weighted by molar-refractivity contribution is -0.135. The van der Waals surface area contributed by atoms with Gasteiger partial charge >= 0.3 is 0 Å². The zero-order valence-electron chi connectivity index (χ0n) is 15.8. The maximum atomic E-state index is 12.7. The number of benzene rings is 1. The van der Waals surface area contributed by atoms with Crippen LogP contribution in [0.1, 0.15) is 18.4 Å². The molecule has 1 saturated heterocycles. The van der Waals surface area contributed by atoms with Crippen molar-refractivity contribution in [2.45, 2.75) is 25.3 Å². The number of likely N-dealkylation sites (tertiary alicyclic amines) is 1. The first-order valence-corrected chi connectivity index (χ1v) is 9.41. The minimum Gasteiger partial charge on any atom is -0.341 e. The van der Waals surface area contributed by atoms with Gasteiger partial charge in [-0.3, -0.25) is 9.59 Å². The number of nitrogens with one attached hydrogen (secondary N) is 1. The second-order valence-electron chi connectivity index (χ2n) is 6.77. The molecular formula is C20H25Cl3N4O2. The second kappa shape index (κ2) is 12.0. The number of amides is 2. The molecule has 1 aliphatic rings. The number of nitrogens with two attached hydrogens (primary N) is 1. The van der Waals surface area contributed by atoms with Crippen LogP contribution in [0.2, 0.25) is 5.02 Å². The van der Waals surface area contributed by atoms with Gasteiger partial charge in [0.1, 0.15) is 5.82 Å². The highest BCUT2D eigenvalue weighted by Gasteiger charge is 2.30. The Morgan fingerprint density at radius 2 is 1.93 bits per heavy atom. The third-order valence-electron chi connectivity index (χ3n) is 4.70. The van der Waals surface area contributed by atoms with E-state index in [-0.39, 0.29) is 42.5 Å². The van der Waals surface area contributed by atoms with Crippen molar-refractivity contribution in [3.05, 3.63) is 59.2 Å². The Labute approximate surface area is 188 Å². The van der Waals surface area contributed by atoms with Crippen LogP contribution in [0.5, 0.6) is 0 Å². The summed E-state index contributed by atoms with van der Waals surface area (Å²) in [5.74, 6) is -0.0716. The fourth-order valence-corrected chi connectivity index (χ4v) is 3.37. The molecule has 1 aliphatic heterocycles. The number of anilines is 1. The molecule has 0 aliphatic carbocycles. The summed E-state index contributed by atoms with van der Waals surface area (Å²) in [5, 5.41) is 3.30. The molecule has 3 N–H and O–H groups in total. The molecule has 2 aromatic rings. The van der Waals surface area contributed by atoms with Crippen LogP contribution >= 0.6 is 36.4 Å². The van der Waals surface area contributed by atoms with Gasteiger partial charge in [-0.25, -0.2) is 4.98 Å². The van der Waals surface area contributed by atoms with E-state index in [4.69, 9.17) is 17.3 Å². The zero-order chi connectivity index (χ0) is 19.2. The van der Waals surface area contributed by atoms with Crippen molar-refractivity contribution in [2.75, 3.05) is 18.4 Å². The number of pyridine rings is 1. The molecule has 1 aromatic heterocycles. The highest BCUT2D eigenvalue weighted by Crippen LogP contribution is 2.20. The van der Waals surface area contributed by atoms with Crippen LogP contribution in [0, 0.1) is 5.92 Å². The number of piperidine rings is 1. The molecule has 0 saturated carbocycles. The quantitative estimate of drug-likeness (QED) is 0.718. The van der Waals surface area contributed by atoms with Crippen LogP contribution in [0.4, 0.5) is 5.82 Å². The maximum Gasteiger partial charge on any atom is 0.239 e. The molecule has 29 heavy (non-hydrogen) atoms. The van der Waals surface area contributed by atoms with Crippen LogP contribution < -0.4 is 11.1 Å². The summed E-state index contributed by atoms with van der Waals surface area (Å²) in [7, 11) is 0. The predicted octanol–water partition coefficient (Wildman–Crippen LogP) is 3.33. The van der Waals surface area contributed by atoms with Crippen molar-refractivity contribution in [3.8, 4) is 0 Å². The van der Waals surface area contributed by atoms with E-state index in [9.17, 15) is 9.59 Å². The number of halogens is 3. The summed E-state index contributed by atoms with van der Waals surface area (Å²) in [6.45, 7) is 1.01. The topological polar surface area (TPSA) is 88.3 Å². The predicted molar refractivity (Wildman–Crippen MR) is 120 cm³/mol. The zero-order valence-corrected chi connectivity index (χ0v) is 18.2. The average molecular weight is 460 g/mol. The van der Waals surface area contributed by atoms with Gasteiger partial charge in [-0.15, -0.1) is 24.8 Å². The van der Waals surface area contributed by atoms with E-state index in [0.717, 1.165) is 18.4 Å². The van der Waals surface area contributed by atoms with Crippen LogP contribution in [0.3, 0.4) is 0 Å². The SMILES string of the molecule is Cl.Cl.NC(Cc1ccccc1)C(=O)N1CCCC(C(=O)Nc2ccc(Cl)cn2)C1. The molecule has 2 amide bonds. The van der Waals surface area contributed by atoms with Crippen molar-refractivity contribution in [1.82, 2.24) is 9.88 Å². The van der Waals surface area contributed by atoms with Gasteiger partial charge in [0.2, 0.25) is 11.8 Å². The monoisotopic (exact) mass is 458 g/mol. The maximum absolute atomic E-state index is 12.7. The molecule has 2 heterocycles. The average Bonchev–Trinajstić information content (AvgIpc) is 2.70. The van der Waals surface area contributed by atoms with E-state index in [1.165, 1.54) is 6.20 Å². The number of hydrogen-bond donors (Lipinski definition) is 2. The molecule has 6 nitrogen and oxygen atoms in total. The first-order valence-electron chi connectivity index (χ1n) is 9.03. The standard InChI is InChI=1S/C20H23ClN4O2.2ClH/c21-16-8-9-18(23-12-16)24-19(26)15-7-4-10-25(13-15)20(27)17(22)11-14-5-2-1-3-6-14;;/h1-3,5-6,8-9,12,15,17H,4,7,10-11,13,22H2,(H,23,24,26);2*1H. The number of carbonyl (C=O) groups excluding carboxylic acids is 2. The first kappa shape index (κ1) is 25.2. The van der Waals surface area contributed by atoms with Gasteiger partial charge in [-0.05, 0) is 37.0 Å². The normalized spacial score (nSPS) is 16.8. The van der Waals surface area contributed by atoms with E-state index in [1.54, 1.807) is 17.0 Å². The van der Waals surface area contributed by atoms with Gasteiger partial charge in [0.05, 0.1) is 17.0 Å². The molecule has 9 heteroatoms. The largest absolute Gasteiger partial charge is 0.341 e. The first-order chi connectivity index (χ1) is 13.0. The molecule has 158 valence electrons. The second-order valence-corrected chi connectivity index (χ2v) is 7.21. The number of carbonyl (C=O) groups is 2. The van der Waals surface area contributed by atoms with Crippen molar-refractivity contribution in [1.29, 1.82) is 0 Å². The Morgan fingerprint density at radius 3 is 2.59 bits per heavy atom. The third kappa shape index (κ3) is 7.16. The molecule has 1 fully saturated rings. The van der Waals surface area contributed by atoms with Gasteiger partial charge in [-0.2, -0.15) is 0 Å². The van der Waals surface area contributed by atoms with Crippen molar-refractivity contribution in [2.24, 2.45) is 11.7 Å². The Kier molecular flexibility index (Phi) is 10.4. The number of aromatic nitrogens is 1. The number of hydrogen-bond acceptors (Lipinski definition) is 4. The van der Waals surface area contributed by atoms with Gasteiger partial charge < -0.3 is 16.0 Å². The molecule has 2 atom stereocenters. The lowest BCUT2D eigenvalue weighted by Gasteiger charge is -2.33. The van der Waals surface area contributed by atoms with Gasteiger partial charge in [0.15, 0.2) is 0 Å². The van der Waals surface area contributed by atoms with E-state index in [1.807, 2.05) is 30.3 Å². The highest BCUT2D eigenvalue weighted by molar-refractivity contribution is 6.30. The van der Waals surface area contributed by atoms with Crippen LogP contribution in [0.15, 0.2) is 48.7 Å². The van der Waals surface area contributed by atoms with Crippen molar-refractivity contribution < 1.29 is 9.59 Å². The van der Waals surface area contributed by atoms with Gasteiger partial charge in [-0.1, -0.05) is 41.9 Å². The minimum atomic E-state index is -0.604. The van der Waals surface area contributed by atoms with E-state index < -0.39 is 6.04 Å². The lowest BCUT2D eigenvalue weighted by atomic mass is 9.96. The highest BCUT2D eigenvalue weighted by atomic mass is 35.5. The summed E-state index contributed by atoms with van der Waals surface area (Å²) < 4.78 is 0. The molecule has 0 bridgehead atoms. The van der Waals surface area contributed by atoms with E-state index >= 15 is 0 Å². The minimum absolute atomic E-state index is 0. The smallest absolute Gasteiger partial charge is 0.239 e. The molecule has 3 rings (SSSR count). The van der Waals surface area contributed by atoms with Crippen LogP contribution in [-0.4, -0.2) is 40.8 Å². The fourth-order valence-electron chi connectivity index (χ4n) is 3.26. The summed E-state index contributed by atoms with van der Waals surface area (Å²) >= 11 is 5.81. The summed E-state index contributed by atoms with van der Waals surface area (Å²) in [4.78, 5) is 31.0. The van der Waals surface area contributed by atoms with Gasteiger partial charge in [0, 0.05) is 19.3 Å². The number of nitrogens with zero attached hydrogens (tertiary/aromatic N) is 2. The lowest BCUT2D eigenvalue weighted by Crippen LogP contribution is -2.50. The Morgan fingerprint density at radius 1 is 1.21 bits per heavy atom. The molecule has 2 unspecified atom stereocenters. The summed E-state index contributed by atoms with van der Waals surface area (Å²) in [5.41, 5.74) is 7.15. The molecule has 0 spiro atoms. The van der Waals surface area contributed by atoms with Gasteiger partial charge in [0.25, 0.3) is 0 Å². The van der Waals surface area contributed by atoms with Crippen molar-refractivity contribution in [3.63, 3.8) is 0 Å². The Hall–Kier alpha value is -1.86. The third-order valence-corrected chi connectivity index (χ3v) is 4.92. The Balaban J connectivity index is 0.00000210. The molecular weight excluding hydrogens is 435 g/mol.